The molecule has 0 spiro atoms. The van der Waals surface area contributed by atoms with Gasteiger partial charge in [-0.2, -0.15) is 0 Å². The number of carbonyl (C=O) groups excluding carboxylic acids is 1. The normalized spacial score (nSPS) is 10.3. The van der Waals surface area contributed by atoms with Gasteiger partial charge >= 0.3 is 0 Å². The summed E-state index contributed by atoms with van der Waals surface area (Å²) in [5.74, 6) is 0.154. The van der Waals surface area contributed by atoms with E-state index in [1.807, 2.05) is 19.1 Å². The van der Waals surface area contributed by atoms with Crippen molar-refractivity contribution in [2.75, 3.05) is 5.73 Å². The number of nitrogens with two attached hydrogens (primary N) is 2. The summed E-state index contributed by atoms with van der Waals surface area (Å²) >= 11 is 0. The molecule has 0 aliphatic rings. The summed E-state index contributed by atoms with van der Waals surface area (Å²) in [4.78, 5) is 10.9. The van der Waals surface area contributed by atoms with E-state index >= 15 is 0 Å². The van der Waals surface area contributed by atoms with E-state index < -0.39 is 5.91 Å². The second-order valence-electron chi connectivity index (χ2n) is 3.60. The number of amides is 1. The molecular formula is C12H12N2O2. The molecule has 4 N–H and O–H groups in total. The molecule has 0 unspecified atom stereocenters. The van der Waals surface area contributed by atoms with E-state index in [0.29, 0.717) is 11.4 Å². The molecule has 0 aliphatic heterocycles. The van der Waals surface area contributed by atoms with Gasteiger partial charge in [0.2, 0.25) is 0 Å². The highest BCUT2D eigenvalue weighted by atomic mass is 16.3. The Morgan fingerprint density at radius 2 is 2.00 bits per heavy atom. The molecule has 0 aliphatic carbocycles. The zero-order valence-electron chi connectivity index (χ0n) is 8.86. The predicted octanol–water partition coefficient (Wildman–Crippen LogP) is 1.94. The molecule has 82 valence electrons. The molecule has 0 radical (unpaired) electrons. The minimum Gasteiger partial charge on any atom is -0.451 e. The number of furan rings is 1. The van der Waals surface area contributed by atoms with Gasteiger partial charge in [-0.05, 0) is 30.7 Å². The van der Waals surface area contributed by atoms with Crippen LogP contribution in [0.5, 0.6) is 0 Å². The topological polar surface area (TPSA) is 82.2 Å². The van der Waals surface area contributed by atoms with Crippen molar-refractivity contribution in [2.24, 2.45) is 5.73 Å². The molecule has 16 heavy (non-hydrogen) atoms. The quantitative estimate of drug-likeness (QED) is 0.752. The van der Waals surface area contributed by atoms with E-state index in [-0.39, 0.29) is 5.76 Å². The van der Waals surface area contributed by atoms with Crippen molar-refractivity contribution in [3.63, 3.8) is 0 Å². The lowest BCUT2D eigenvalue weighted by Gasteiger charge is -2.02. The molecule has 0 atom stereocenters. The number of nitrogen functional groups attached to an aromatic ring is 1. The van der Waals surface area contributed by atoms with Gasteiger partial charge in [0.15, 0.2) is 5.76 Å². The fourth-order valence-electron chi connectivity index (χ4n) is 1.42. The highest BCUT2D eigenvalue weighted by molar-refractivity contribution is 5.90. The Bertz CT molecular complexity index is 544. The van der Waals surface area contributed by atoms with Gasteiger partial charge in [0.05, 0.1) is 0 Å². The van der Waals surface area contributed by atoms with Crippen LogP contribution in [-0.2, 0) is 0 Å². The van der Waals surface area contributed by atoms with Crippen LogP contribution in [0, 0.1) is 6.92 Å². The Morgan fingerprint density at radius 1 is 1.25 bits per heavy atom. The zero-order chi connectivity index (χ0) is 11.7. The maximum Gasteiger partial charge on any atom is 0.284 e. The molecule has 1 heterocycles. The van der Waals surface area contributed by atoms with Crippen molar-refractivity contribution >= 4 is 11.6 Å². The highest BCUT2D eigenvalue weighted by Gasteiger charge is 2.09. The van der Waals surface area contributed by atoms with Gasteiger partial charge in [-0.25, -0.2) is 0 Å². The smallest absolute Gasteiger partial charge is 0.284 e. The summed E-state index contributed by atoms with van der Waals surface area (Å²) in [7, 11) is 0. The van der Waals surface area contributed by atoms with Crippen LogP contribution in [0.3, 0.4) is 0 Å². The summed E-state index contributed by atoms with van der Waals surface area (Å²) < 4.78 is 5.30. The van der Waals surface area contributed by atoms with Gasteiger partial charge in [0, 0.05) is 11.3 Å². The second kappa shape index (κ2) is 3.73. The van der Waals surface area contributed by atoms with Gasteiger partial charge in [0.1, 0.15) is 5.76 Å². The van der Waals surface area contributed by atoms with Crippen LogP contribution < -0.4 is 11.5 Å². The van der Waals surface area contributed by atoms with Crippen LogP contribution in [0.1, 0.15) is 16.1 Å². The van der Waals surface area contributed by atoms with Crippen molar-refractivity contribution < 1.29 is 9.21 Å². The number of rotatable bonds is 2. The van der Waals surface area contributed by atoms with E-state index in [9.17, 15) is 4.79 Å². The lowest BCUT2D eigenvalue weighted by molar-refractivity contribution is 0.0975. The lowest BCUT2D eigenvalue weighted by atomic mass is 10.1. The van der Waals surface area contributed by atoms with Crippen molar-refractivity contribution in [1.82, 2.24) is 0 Å². The largest absolute Gasteiger partial charge is 0.451 e. The number of carbonyl (C=O) groups is 1. The molecule has 1 aromatic carbocycles. The third-order valence-electron chi connectivity index (χ3n) is 2.41. The Labute approximate surface area is 92.9 Å². The SMILES string of the molecule is Cc1ccc(-c2ccc(C(N)=O)o2)cc1N. The molecule has 4 heteroatoms. The first-order chi connectivity index (χ1) is 7.58. The zero-order valence-corrected chi connectivity index (χ0v) is 8.86. The molecule has 1 aromatic heterocycles. The predicted molar refractivity (Wildman–Crippen MR) is 61.8 cm³/mol. The average Bonchev–Trinajstić information content (AvgIpc) is 2.71. The molecular weight excluding hydrogens is 204 g/mol. The highest BCUT2D eigenvalue weighted by Crippen LogP contribution is 2.25. The third kappa shape index (κ3) is 1.77. The Hall–Kier alpha value is -2.23. The Kier molecular flexibility index (Phi) is 2.40. The van der Waals surface area contributed by atoms with Crippen molar-refractivity contribution in [3.8, 4) is 11.3 Å². The van der Waals surface area contributed by atoms with Gasteiger partial charge in [-0.15, -0.1) is 0 Å². The van der Waals surface area contributed by atoms with Crippen LogP contribution in [0.25, 0.3) is 11.3 Å². The maximum absolute atomic E-state index is 10.9. The molecule has 1 amide bonds. The van der Waals surface area contributed by atoms with Crippen LogP contribution in [-0.4, -0.2) is 5.91 Å². The molecule has 0 fully saturated rings. The minimum absolute atomic E-state index is 0.147. The van der Waals surface area contributed by atoms with Gasteiger partial charge in [-0.3, -0.25) is 4.79 Å². The number of primary amides is 1. The third-order valence-corrected chi connectivity index (χ3v) is 2.41. The van der Waals surface area contributed by atoms with Crippen molar-refractivity contribution in [2.45, 2.75) is 6.92 Å². The fourth-order valence-corrected chi connectivity index (χ4v) is 1.42. The average molecular weight is 216 g/mol. The number of benzene rings is 1. The Balaban J connectivity index is 2.42. The Morgan fingerprint density at radius 3 is 2.56 bits per heavy atom. The molecule has 4 nitrogen and oxygen atoms in total. The molecule has 0 saturated carbocycles. The first-order valence-corrected chi connectivity index (χ1v) is 4.84. The molecule has 0 bridgehead atoms. The van der Waals surface area contributed by atoms with Crippen molar-refractivity contribution in [3.05, 3.63) is 41.7 Å². The number of anilines is 1. The summed E-state index contributed by atoms with van der Waals surface area (Å²) in [5.41, 5.74) is 13.4. The van der Waals surface area contributed by atoms with Crippen LogP contribution in [0.2, 0.25) is 0 Å². The van der Waals surface area contributed by atoms with Crippen LogP contribution >= 0.6 is 0 Å². The van der Waals surface area contributed by atoms with E-state index in [4.69, 9.17) is 15.9 Å². The summed E-state index contributed by atoms with van der Waals surface area (Å²) in [6, 6.07) is 8.84. The summed E-state index contributed by atoms with van der Waals surface area (Å²) in [5, 5.41) is 0. The first-order valence-electron chi connectivity index (χ1n) is 4.84. The molecule has 2 rings (SSSR count). The second-order valence-corrected chi connectivity index (χ2v) is 3.60. The maximum atomic E-state index is 10.9. The summed E-state index contributed by atoms with van der Waals surface area (Å²) in [6.45, 7) is 1.93. The molecule has 0 saturated heterocycles. The van der Waals surface area contributed by atoms with Gasteiger partial charge in [-0.1, -0.05) is 12.1 Å². The number of hydrogen-bond acceptors (Lipinski definition) is 3. The van der Waals surface area contributed by atoms with Crippen LogP contribution in [0.4, 0.5) is 5.69 Å². The summed E-state index contributed by atoms with van der Waals surface area (Å²) in [6.07, 6.45) is 0. The minimum atomic E-state index is -0.577. The van der Waals surface area contributed by atoms with E-state index in [2.05, 4.69) is 0 Å². The standard InChI is InChI=1S/C12H12N2O2/c1-7-2-3-8(6-9(7)13)10-4-5-11(16-10)12(14)15/h2-6H,13H2,1H3,(H2,14,15). The van der Waals surface area contributed by atoms with E-state index in [1.54, 1.807) is 18.2 Å². The number of hydrogen-bond donors (Lipinski definition) is 2. The first kappa shape index (κ1) is 10.3. The van der Waals surface area contributed by atoms with E-state index in [1.165, 1.54) is 0 Å². The molecule has 2 aromatic rings. The van der Waals surface area contributed by atoms with Crippen LogP contribution in [0.15, 0.2) is 34.7 Å². The van der Waals surface area contributed by atoms with E-state index in [0.717, 1.165) is 11.1 Å². The fraction of sp³-hybridized carbons (Fsp3) is 0.0833. The lowest BCUT2D eigenvalue weighted by Crippen LogP contribution is -2.09. The van der Waals surface area contributed by atoms with Gasteiger partial charge < -0.3 is 15.9 Å². The van der Waals surface area contributed by atoms with Crippen molar-refractivity contribution in [1.29, 1.82) is 0 Å². The number of aryl methyl sites for hydroxylation is 1. The monoisotopic (exact) mass is 216 g/mol. The van der Waals surface area contributed by atoms with Gasteiger partial charge in [0.25, 0.3) is 5.91 Å².